The minimum absolute atomic E-state index is 0.118. The van der Waals surface area contributed by atoms with Crippen LogP contribution >= 0.6 is 0 Å². The second-order valence-electron chi connectivity index (χ2n) is 5.16. The van der Waals surface area contributed by atoms with Crippen LogP contribution in [0.1, 0.15) is 30.4 Å². The van der Waals surface area contributed by atoms with Gasteiger partial charge in [-0.25, -0.2) is 4.39 Å². The van der Waals surface area contributed by atoms with Gasteiger partial charge in [-0.05, 0) is 50.0 Å². The Morgan fingerprint density at radius 3 is 2.72 bits per heavy atom. The highest BCUT2D eigenvalue weighted by Gasteiger charge is 2.08. The van der Waals surface area contributed by atoms with Crippen LogP contribution in [0.15, 0.2) is 18.2 Å². The Kier molecular flexibility index (Phi) is 5.14. The Balaban J connectivity index is 1.66. The van der Waals surface area contributed by atoms with Gasteiger partial charge in [0.15, 0.2) is 0 Å². The lowest BCUT2D eigenvalue weighted by Gasteiger charge is -2.26. The maximum absolute atomic E-state index is 13.1. The van der Waals surface area contributed by atoms with E-state index in [9.17, 15) is 4.39 Å². The van der Waals surface area contributed by atoms with E-state index >= 15 is 0 Å². The van der Waals surface area contributed by atoms with Crippen molar-refractivity contribution in [1.82, 2.24) is 10.2 Å². The summed E-state index contributed by atoms with van der Waals surface area (Å²) in [7, 11) is 0. The maximum atomic E-state index is 13.1. The molecule has 1 fully saturated rings. The number of aryl methyl sites for hydroxylation is 1. The highest BCUT2D eigenvalue weighted by molar-refractivity contribution is 5.23. The fourth-order valence-electron chi connectivity index (χ4n) is 2.47. The smallest absolute Gasteiger partial charge is 0.126 e. The molecule has 1 aliphatic heterocycles. The Bertz CT molecular complexity index is 373. The Morgan fingerprint density at radius 2 is 2.00 bits per heavy atom. The standard InChI is InChI=1S/C15H23FN2/c1-13-11-14(5-6-15(13)16)12-17-7-10-18-8-3-2-4-9-18/h5-6,11,17H,2-4,7-10,12H2,1H3. The molecule has 0 spiro atoms. The summed E-state index contributed by atoms with van der Waals surface area (Å²) in [5.74, 6) is -0.118. The molecule has 2 nitrogen and oxygen atoms in total. The molecule has 100 valence electrons. The molecule has 3 heteroatoms. The first-order valence-electron chi connectivity index (χ1n) is 6.94. The molecule has 1 heterocycles. The van der Waals surface area contributed by atoms with Crippen molar-refractivity contribution in [3.05, 3.63) is 35.1 Å². The van der Waals surface area contributed by atoms with Gasteiger partial charge in [-0.1, -0.05) is 18.6 Å². The summed E-state index contributed by atoms with van der Waals surface area (Å²) in [6.45, 7) is 7.27. The molecule has 0 aliphatic carbocycles. The molecule has 0 aromatic heterocycles. The van der Waals surface area contributed by atoms with E-state index in [0.717, 1.165) is 30.8 Å². The molecule has 0 radical (unpaired) electrons. The summed E-state index contributed by atoms with van der Waals surface area (Å²) < 4.78 is 13.1. The molecule has 2 rings (SSSR count). The fraction of sp³-hybridized carbons (Fsp3) is 0.600. The first-order valence-corrected chi connectivity index (χ1v) is 6.94. The van der Waals surface area contributed by atoms with Gasteiger partial charge in [-0.3, -0.25) is 0 Å². The Hall–Kier alpha value is -0.930. The summed E-state index contributed by atoms with van der Waals surface area (Å²) in [6, 6.07) is 5.33. The number of nitrogens with one attached hydrogen (secondary N) is 1. The third-order valence-corrected chi connectivity index (χ3v) is 3.60. The lowest BCUT2D eigenvalue weighted by atomic mass is 10.1. The zero-order valence-electron chi connectivity index (χ0n) is 11.2. The van der Waals surface area contributed by atoms with Crippen LogP contribution in [0.25, 0.3) is 0 Å². The lowest BCUT2D eigenvalue weighted by molar-refractivity contribution is 0.229. The van der Waals surface area contributed by atoms with E-state index < -0.39 is 0 Å². The van der Waals surface area contributed by atoms with Crippen LogP contribution in [-0.4, -0.2) is 31.1 Å². The SMILES string of the molecule is Cc1cc(CNCCN2CCCCC2)ccc1F. The van der Waals surface area contributed by atoms with Crippen molar-refractivity contribution >= 4 is 0 Å². The predicted molar refractivity (Wildman–Crippen MR) is 73.1 cm³/mol. The molecular weight excluding hydrogens is 227 g/mol. The Morgan fingerprint density at radius 1 is 1.22 bits per heavy atom. The number of benzene rings is 1. The van der Waals surface area contributed by atoms with Crippen LogP contribution in [0.2, 0.25) is 0 Å². The van der Waals surface area contributed by atoms with Crippen LogP contribution in [0.3, 0.4) is 0 Å². The van der Waals surface area contributed by atoms with Crippen LogP contribution in [0.4, 0.5) is 4.39 Å². The van der Waals surface area contributed by atoms with E-state index in [4.69, 9.17) is 0 Å². The van der Waals surface area contributed by atoms with Crippen molar-refractivity contribution in [2.24, 2.45) is 0 Å². The molecule has 0 atom stereocenters. The van der Waals surface area contributed by atoms with Gasteiger partial charge in [0.2, 0.25) is 0 Å². The van der Waals surface area contributed by atoms with Gasteiger partial charge in [-0.2, -0.15) is 0 Å². The Labute approximate surface area is 109 Å². The summed E-state index contributed by atoms with van der Waals surface area (Å²) in [5.41, 5.74) is 1.89. The van der Waals surface area contributed by atoms with Gasteiger partial charge in [-0.15, -0.1) is 0 Å². The number of piperidine rings is 1. The molecule has 1 aromatic rings. The summed E-state index contributed by atoms with van der Waals surface area (Å²) in [4.78, 5) is 2.52. The average Bonchev–Trinajstić information content (AvgIpc) is 2.40. The van der Waals surface area contributed by atoms with Crippen molar-refractivity contribution in [3.63, 3.8) is 0 Å². The van der Waals surface area contributed by atoms with Gasteiger partial charge in [0.25, 0.3) is 0 Å². The second kappa shape index (κ2) is 6.86. The number of likely N-dealkylation sites (tertiary alicyclic amines) is 1. The van der Waals surface area contributed by atoms with Crippen molar-refractivity contribution in [3.8, 4) is 0 Å². The molecular formula is C15H23FN2. The quantitative estimate of drug-likeness (QED) is 0.808. The van der Waals surface area contributed by atoms with E-state index in [1.165, 1.54) is 32.4 Å². The molecule has 1 saturated heterocycles. The van der Waals surface area contributed by atoms with Crippen LogP contribution in [0.5, 0.6) is 0 Å². The zero-order chi connectivity index (χ0) is 12.8. The molecule has 0 bridgehead atoms. The van der Waals surface area contributed by atoms with Gasteiger partial charge in [0, 0.05) is 19.6 Å². The summed E-state index contributed by atoms with van der Waals surface area (Å²) >= 11 is 0. The van der Waals surface area contributed by atoms with Gasteiger partial charge >= 0.3 is 0 Å². The van der Waals surface area contributed by atoms with Crippen molar-refractivity contribution in [2.45, 2.75) is 32.7 Å². The third-order valence-electron chi connectivity index (χ3n) is 3.60. The number of hydrogen-bond acceptors (Lipinski definition) is 2. The van der Waals surface area contributed by atoms with E-state index in [2.05, 4.69) is 10.2 Å². The minimum Gasteiger partial charge on any atom is -0.311 e. The van der Waals surface area contributed by atoms with Gasteiger partial charge < -0.3 is 10.2 Å². The predicted octanol–water partition coefficient (Wildman–Crippen LogP) is 2.71. The largest absolute Gasteiger partial charge is 0.311 e. The van der Waals surface area contributed by atoms with Crippen LogP contribution < -0.4 is 5.32 Å². The number of hydrogen-bond donors (Lipinski definition) is 1. The number of rotatable bonds is 5. The monoisotopic (exact) mass is 250 g/mol. The van der Waals surface area contributed by atoms with E-state index in [1.807, 2.05) is 19.1 Å². The molecule has 1 aliphatic rings. The molecule has 1 N–H and O–H groups in total. The first-order chi connectivity index (χ1) is 8.75. The lowest BCUT2D eigenvalue weighted by Crippen LogP contribution is -2.35. The summed E-state index contributed by atoms with van der Waals surface area (Å²) in [5, 5.41) is 3.43. The van der Waals surface area contributed by atoms with Crippen LogP contribution in [-0.2, 0) is 6.54 Å². The zero-order valence-corrected chi connectivity index (χ0v) is 11.2. The van der Waals surface area contributed by atoms with Gasteiger partial charge in [0.1, 0.15) is 5.82 Å². The average molecular weight is 250 g/mol. The highest BCUT2D eigenvalue weighted by Crippen LogP contribution is 2.09. The topological polar surface area (TPSA) is 15.3 Å². The normalized spacial score (nSPS) is 17.0. The minimum atomic E-state index is -0.118. The van der Waals surface area contributed by atoms with E-state index in [-0.39, 0.29) is 5.82 Å². The van der Waals surface area contributed by atoms with Crippen molar-refractivity contribution < 1.29 is 4.39 Å². The van der Waals surface area contributed by atoms with Crippen molar-refractivity contribution in [2.75, 3.05) is 26.2 Å². The molecule has 0 unspecified atom stereocenters. The molecule has 18 heavy (non-hydrogen) atoms. The molecule has 0 amide bonds. The first kappa shape index (κ1) is 13.5. The third kappa shape index (κ3) is 4.07. The van der Waals surface area contributed by atoms with E-state index in [0.29, 0.717) is 0 Å². The van der Waals surface area contributed by atoms with Gasteiger partial charge in [0.05, 0.1) is 0 Å². The molecule has 0 saturated carbocycles. The number of halogens is 1. The van der Waals surface area contributed by atoms with Crippen molar-refractivity contribution in [1.29, 1.82) is 0 Å². The maximum Gasteiger partial charge on any atom is 0.126 e. The fourth-order valence-corrected chi connectivity index (χ4v) is 2.47. The van der Waals surface area contributed by atoms with Crippen LogP contribution in [0, 0.1) is 12.7 Å². The highest BCUT2D eigenvalue weighted by atomic mass is 19.1. The molecule has 1 aromatic carbocycles. The second-order valence-corrected chi connectivity index (χ2v) is 5.16. The van der Waals surface area contributed by atoms with E-state index in [1.54, 1.807) is 6.07 Å². The summed E-state index contributed by atoms with van der Waals surface area (Å²) in [6.07, 6.45) is 4.08. The number of nitrogens with zero attached hydrogens (tertiary/aromatic N) is 1.